The molecular weight excluding hydrogens is 280 g/mol. The van der Waals surface area contributed by atoms with E-state index in [0.29, 0.717) is 18.3 Å². The Kier molecular flexibility index (Phi) is 6.08. The minimum absolute atomic E-state index is 0.0814. The van der Waals surface area contributed by atoms with E-state index in [-0.39, 0.29) is 5.91 Å². The van der Waals surface area contributed by atoms with E-state index in [2.05, 4.69) is 54.8 Å². The first kappa shape index (κ1) is 15.9. The molecule has 0 aliphatic heterocycles. The molecule has 0 radical (unpaired) electrons. The highest BCUT2D eigenvalue weighted by molar-refractivity contribution is 8.00. The van der Waals surface area contributed by atoms with Crippen LogP contribution >= 0.6 is 11.8 Å². The maximum atomic E-state index is 11.8. The lowest BCUT2D eigenvalue weighted by Gasteiger charge is -2.13. The van der Waals surface area contributed by atoms with Crippen LogP contribution in [-0.2, 0) is 4.79 Å². The van der Waals surface area contributed by atoms with Gasteiger partial charge in [-0.3, -0.25) is 4.79 Å². The van der Waals surface area contributed by atoms with Crippen molar-refractivity contribution in [2.45, 2.75) is 24.8 Å². The number of fused-ring (bicyclic) bond motifs is 1. The van der Waals surface area contributed by atoms with E-state index in [1.165, 1.54) is 10.8 Å². The fourth-order valence-corrected chi connectivity index (χ4v) is 2.92. The van der Waals surface area contributed by atoms with Crippen molar-refractivity contribution in [1.29, 1.82) is 0 Å². The van der Waals surface area contributed by atoms with Gasteiger partial charge in [-0.25, -0.2) is 0 Å². The van der Waals surface area contributed by atoms with Crippen LogP contribution in [0.15, 0.2) is 47.4 Å². The molecule has 4 heteroatoms. The molecule has 2 aromatic rings. The van der Waals surface area contributed by atoms with Crippen molar-refractivity contribution in [3.05, 3.63) is 42.5 Å². The van der Waals surface area contributed by atoms with Crippen molar-refractivity contribution in [1.82, 2.24) is 10.6 Å². The Hall–Kier alpha value is -1.52. The zero-order chi connectivity index (χ0) is 15.1. The number of rotatable bonds is 7. The van der Waals surface area contributed by atoms with Gasteiger partial charge in [0.1, 0.15) is 0 Å². The topological polar surface area (TPSA) is 41.1 Å². The third kappa shape index (κ3) is 5.06. The van der Waals surface area contributed by atoms with E-state index >= 15 is 0 Å². The Morgan fingerprint density at radius 3 is 2.71 bits per heavy atom. The number of benzene rings is 2. The van der Waals surface area contributed by atoms with Gasteiger partial charge in [-0.05, 0) is 36.4 Å². The summed E-state index contributed by atoms with van der Waals surface area (Å²) in [4.78, 5) is 13.0. The number of nitrogens with one attached hydrogen (secondary N) is 2. The zero-order valence-corrected chi connectivity index (χ0v) is 13.4. The van der Waals surface area contributed by atoms with Crippen LogP contribution in [0.1, 0.15) is 13.8 Å². The Morgan fingerprint density at radius 2 is 1.95 bits per heavy atom. The van der Waals surface area contributed by atoms with Gasteiger partial charge in [0.15, 0.2) is 0 Å². The summed E-state index contributed by atoms with van der Waals surface area (Å²) in [5.41, 5.74) is 0. The van der Waals surface area contributed by atoms with Crippen molar-refractivity contribution >= 4 is 28.4 Å². The summed E-state index contributed by atoms with van der Waals surface area (Å²) in [6, 6.07) is 14.9. The Labute approximate surface area is 130 Å². The van der Waals surface area contributed by atoms with Crippen LogP contribution in [-0.4, -0.2) is 30.8 Å². The van der Waals surface area contributed by atoms with Crippen LogP contribution in [0.5, 0.6) is 0 Å². The number of hydrogen-bond donors (Lipinski definition) is 2. The molecule has 2 aromatic carbocycles. The van der Waals surface area contributed by atoms with Gasteiger partial charge in [0.2, 0.25) is 5.91 Å². The minimum atomic E-state index is 0.0814. The molecule has 21 heavy (non-hydrogen) atoms. The second-order valence-corrected chi connectivity index (χ2v) is 6.11. The molecule has 2 rings (SSSR count). The first-order valence-electron chi connectivity index (χ1n) is 7.30. The fraction of sp³-hybridized carbons (Fsp3) is 0.353. The monoisotopic (exact) mass is 302 g/mol. The molecule has 0 aliphatic rings. The van der Waals surface area contributed by atoms with Crippen LogP contribution in [0.4, 0.5) is 0 Å². The summed E-state index contributed by atoms with van der Waals surface area (Å²) in [5.74, 6) is 0.537. The third-order valence-corrected chi connectivity index (χ3v) is 4.24. The maximum Gasteiger partial charge on any atom is 0.230 e. The van der Waals surface area contributed by atoms with Crippen molar-refractivity contribution in [2.24, 2.45) is 0 Å². The first-order valence-corrected chi connectivity index (χ1v) is 8.29. The molecule has 0 fully saturated rings. The second kappa shape index (κ2) is 8.05. The summed E-state index contributed by atoms with van der Waals surface area (Å²) in [6.45, 7) is 5.72. The number of thioether (sulfide) groups is 1. The van der Waals surface area contributed by atoms with Crippen molar-refractivity contribution in [3.8, 4) is 0 Å². The summed E-state index contributed by atoms with van der Waals surface area (Å²) in [6.07, 6.45) is 0. The molecular formula is C17H22N2OS. The fourth-order valence-electron chi connectivity index (χ4n) is 2.14. The van der Waals surface area contributed by atoms with Crippen molar-refractivity contribution in [3.63, 3.8) is 0 Å². The van der Waals surface area contributed by atoms with E-state index in [0.717, 1.165) is 11.4 Å². The van der Waals surface area contributed by atoms with Gasteiger partial charge in [-0.2, -0.15) is 0 Å². The van der Waals surface area contributed by atoms with Gasteiger partial charge in [0.25, 0.3) is 0 Å². The molecule has 0 unspecified atom stereocenters. The van der Waals surface area contributed by atoms with Crippen LogP contribution in [0.3, 0.4) is 0 Å². The van der Waals surface area contributed by atoms with E-state index in [1.807, 2.05) is 12.1 Å². The number of hydrogen-bond acceptors (Lipinski definition) is 3. The minimum Gasteiger partial charge on any atom is -0.354 e. The second-order valence-electron chi connectivity index (χ2n) is 5.06. The van der Waals surface area contributed by atoms with Gasteiger partial charge in [0, 0.05) is 17.5 Å². The van der Waals surface area contributed by atoms with Crippen LogP contribution in [0.25, 0.3) is 10.8 Å². The lowest BCUT2D eigenvalue weighted by atomic mass is 10.1. The van der Waals surface area contributed by atoms with Gasteiger partial charge in [-0.1, -0.05) is 37.3 Å². The average Bonchev–Trinajstić information content (AvgIpc) is 2.51. The van der Waals surface area contributed by atoms with E-state index in [1.54, 1.807) is 11.8 Å². The summed E-state index contributed by atoms with van der Waals surface area (Å²) < 4.78 is 0. The van der Waals surface area contributed by atoms with Crippen molar-refractivity contribution in [2.75, 3.05) is 18.8 Å². The highest BCUT2D eigenvalue weighted by atomic mass is 32.2. The largest absolute Gasteiger partial charge is 0.354 e. The van der Waals surface area contributed by atoms with E-state index in [4.69, 9.17) is 0 Å². The SMILES string of the molecule is CCN[C@H](C)CNC(=O)CSc1ccc2ccccc2c1. The molecule has 0 bridgehead atoms. The Morgan fingerprint density at radius 1 is 1.19 bits per heavy atom. The van der Waals surface area contributed by atoms with Gasteiger partial charge in [0.05, 0.1) is 5.75 Å². The van der Waals surface area contributed by atoms with Gasteiger partial charge in [-0.15, -0.1) is 11.8 Å². The van der Waals surface area contributed by atoms with Gasteiger partial charge < -0.3 is 10.6 Å². The molecule has 1 atom stereocenters. The molecule has 1 amide bonds. The molecule has 0 saturated heterocycles. The molecule has 0 spiro atoms. The number of carbonyl (C=O) groups is 1. The van der Waals surface area contributed by atoms with Crippen molar-refractivity contribution < 1.29 is 4.79 Å². The smallest absolute Gasteiger partial charge is 0.230 e. The quantitative estimate of drug-likeness (QED) is 0.772. The molecule has 112 valence electrons. The third-order valence-electron chi connectivity index (χ3n) is 3.25. The molecule has 0 saturated carbocycles. The molecule has 0 aromatic heterocycles. The average molecular weight is 302 g/mol. The van der Waals surface area contributed by atoms with Crippen LogP contribution in [0, 0.1) is 0 Å². The normalized spacial score (nSPS) is 12.3. The number of likely N-dealkylation sites (N-methyl/N-ethyl adjacent to an activating group) is 1. The van der Waals surface area contributed by atoms with E-state index in [9.17, 15) is 4.79 Å². The summed E-state index contributed by atoms with van der Waals surface area (Å²) in [7, 11) is 0. The standard InChI is InChI=1S/C17H22N2OS/c1-3-18-13(2)11-19-17(20)12-21-16-9-8-14-6-4-5-7-15(14)10-16/h4-10,13,18H,3,11-12H2,1-2H3,(H,19,20)/t13-/m1/s1. The highest BCUT2D eigenvalue weighted by Crippen LogP contribution is 2.23. The number of amides is 1. The Balaban J connectivity index is 1.82. The molecule has 0 aliphatic carbocycles. The van der Waals surface area contributed by atoms with Gasteiger partial charge >= 0.3 is 0 Å². The van der Waals surface area contributed by atoms with Crippen LogP contribution in [0.2, 0.25) is 0 Å². The molecule has 0 heterocycles. The first-order chi connectivity index (χ1) is 10.2. The number of carbonyl (C=O) groups excluding carboxylic acids is 1. The molecule has 3 nitrogen and oxygen atoms in total. The summed E-state index contributed by atoms with van der Waals surface area (Å²) in [5, 5.41) is 8.66. The predicted octanol–water partition coefficient (Wildman–Crippen LogP) is 3.05. The van der Waals surface area contributed by atoms with E-state index < -0.39 is 0 Å². The lowest BCUT2D eigenvalue weighted by molar-refractivity contribution is -0.118. The zero-order valence-electron chi connectivity index (χ0n) is 12.6. The predicted molar refractivity (Wildman–Crippen MR) is 90.8 cm³/mol. The maximum absolute atomic E-state index is 11.8. The van der Waals surface area contributed by atoms with Crippen LogP contribution < -0.4 is 10.6 Å². The lowest BCUT2D eigenvalue weighted by Crippen LogP contribution is -2.39. The summed E-state index contributed by atoms with van der Waals surface area (Å²) >= 11 is 1.58. The highest BCUT2D eigenvalue weighted by Gasteiger charge is 2.05. The molecule has 2 N–H and O–H groups in total. The Bertz CT molecular complexity index is 600.